The van der Waals surface area contributed by atoms with Crippen LogP contribution in [0.4, 0.5) is 15.8 Å². The van der Waals surface area contributed by atoms with Crippen molar-refractivity contribution in [3.8, 4) is 5.75 Å². The molecule has 226 valence electrons. The third-order valence-corrected chi connectivity index (χ3v) is 8.53. The summed E-state index contributed by atoms with van der Waals surface area (Å²) in [6, 6.07) is 12.0. The van der Waals surface area contributed by atoms with Gasteiger partial charge in [-0.25, -0.2) is 9.18 Å². The molecule has 8 nitrogen and oxygen atoms in total. The molecule has 1 saturated heterocycles. The number of hydrogen-bond donors (Lipinski definition) is 4. The maximum absolute atomic E-state index is 16.0. The molecule has 3 aromatic carbocycles. The highest BCUT2D eigenvalue weighted by atomic mass is 35.5. The number of nitrogens with one attached hydrogen (secondary N) is 3. The quantitative estimate of drug-likeness (QED) is 0.234. The second-order valence-electron chi connectivity index (χ2n) is 12.0. The monoisotopic (exact) mass is 627 g/mol. The number of carboxylic acid groups (broad SMARTS) is 1. The van der Waals surface area contributed by atoms with E-state index in [1.165, 1.54) is 24.3 Å². The van der Waals surface area contributed by atoms with Gasteiger partial charge in [-0.1, -0.05) is 62.2 Å². The predicted octanol–water partition coefficient (Wildman–Crippen LogP) is 6.62. The van der Waals surface area contributed by atoms with E-state index in [-0.39, 0.29) is 45.5 Å². The highest BCUT2D eigenvalue weighted by molar-refractivity contribution is 6.31. The van der Waals surface area contributed by atoms with E-state index in [0.29, 0.717) is 22.7 Å². The third kappa shape index (κ3) is 5.46. The van der Waals surface area contributed by atoms with Crippen LogP contribution in [-0.2, 0) is 15.0 Å². The van der Waals surface area contributed by atoms with Gasteiger partial charge in [-0.15, -0.1) is 0 Å². The molecule has 0 bridgehead atoms. The van der Waals surface area contributed by atoms with Gasteiger partial charge in [-0.3, -0.25) is 9.59 Å². The lowest BCUT2D eigenvalue weighted by atomic mass is 9.62. The largest absolute Gasteiger partial charge is 0.492 e. The Morgan fingerprint density at radius 2 is 1.86 bits per heavy atom. The Morgan fingerprint density at radius 3 is 2.53 bits per heavy atom. The predicted molar refractivity (Wildman–Crippen MR) is 164 cm³/mol. The van der Waals surface area contributed by atoms with Crippen molar-refractivity contribution in [1.82, 2.24) is 5.32 Å². The molecule has 4 atom stereocenters. The van der Waals surface area contributed by atoms with Crippen molar-refractivity contribution in [2.24, 2.45) is 5.41 Å². The number of amides is 2. The Kier molecular flexibility index (Phi) is 8.19. The van der Waals surface area contributed by atoms with Crippen LogP contribution < -0.4 is 20.7 Å². The molecule has 43 heavy (non-hydrogen) atoms. The fraction of sp³-hybridized carbons (Fsp3) is 0.344. The summed E-state index contributed by atoms with van der Waals surface area (Å²) in [6.45, 7) is 8.04. The molecule has 2 heterocycles. The number of rotatable bonds is 7. The first-order valence-corrected chi connectivity index (χ1v) is 14.7. The third-order valence-electron chi connectivity index (χ3n) is 8.01. The molecule has 1 fully saturated rings. The molecule has 2 aliphatic heterocycles. The Morgan fingerprint density at radius 1 is 1.12 bits per heavy atom. The van der Waals surface area contributed by atoms with E-state index < -0.39 is 41.1 Å². The summed E-state index contributed by atoms with van der Waals surface area (Å²) >= 11 is 12.6. The van der Waals surface area contributed by atoms with Crippen molar-refractivity contribution in [3.63, 3.8) is 0 Å². The van der Waals surface area contributed by atoms with Crippen molar-refractivity contribution in [2.45, 2.75) is 57.5 Å². The van der Waals surface area contributed by atoms with Crippen LogP contribution in [-0.4, -0.2) is 41.6 Å². The number of hydrogen-bond acceptors (Lipinski definition) is 5. The van der Waals surface area contributed by atoms with E-state index in [0.717, 1.165) is 0 Å². The number of aromatic carboxylic acids is 1. The SMILES string of the molecule is CCOc1cc(C(=O)O)ccc1NC(=O)C1NC(CC(C)(C)C)C2(C(=O)Nc3cc(Cl)ccc32)C1c1cccc(Cl)c1F. The van der Waals surface area contributed by atoms with Crippen LogP contribution in [0.1, 0.15) is 61.5 Å². The lowest BCUT2D eigenvalue weighted by Gasteiger charge is -2.37. The highest BCUT2D eigenvalue weighted by Gasteiger charge is 2.66. The molecule has 0 radical (unpaired) electrons. The molecular formula is C32H32Cl2FN3O5. The molecule has 3 aromatic rings. The standard InChI is InChI=1S/C32H32Cl2FN3O5/c1-5-43-23-13-16(29(40)41)9-12-21(23)36-28(39)27-25(18-7-6-8-20(34)26(18)35)32(24(38-27)15-31(2,3)4)19-11-10-17(33)14-22(19)37-30(32)42/h6-14,24-25,27,38H,5,15H2,1-4H3,(H,36,39)(H,37,42)(H,40,41). The average molecular weight is 629 g/mol. The lowest BCUT2D eigenvalue weighted by Crippen LogP contribution is -2.49. The average Bonchev–Trinajstić information content (AvgIpc) is 3.40. The van der Waals surface area contributed by atoms with Gasteiger partial charge in [0.2, 0.25) is 11.8 Å². The summed E-state index contributed by atoms with van der Waals surface area (Å²) in [5.41, 5.74) is -0.268. The zero-order chi connectivity index (χ0) is 31.3. The Hall–Kier alpha value is -3.66. The molecular weight excluding hydrogens is 596 g/mol. The van der Waals surface area contributed by atoms with Crippen LogP contribution in [0.15, 0.2) is 54.6 Å². The summed E-state index contributed by atoms with van der Waals surface area (Å²) in [7, 11) is 0. The molecule has 2 aliphatic rings. The first kappa shape index (κ1) is 30.8. The van der Waals surface area contributed by atoms with Crippen LogP contribution in [0.2, 0.25) is 10.0 Å². The van der Waals surface area contributed by atoms with Gasteiger partial charge < -0.3 is 25.8 Å². The Labute approximate surface area is 258 Å². The highest BCUT2D eigenvalue weighted by Crippen LogP contribution is 2.57. The van der Waals surface area contributed by atoms with E-state index in [1.807, 2.05) is 20.8 Å². The number of fused-ring (bicyclic) bond motifs is 2. The van der Waals surface area contributed by atoms with Gasteiger partial charge in [0.25, 0.3) is 0 Å². The molecule has 1 spiro atoms. The minimum Gasteiger partial charge on any atom is -0.492 e. The zero-order valence-corrected chi connectivity index (χ0v) is 25.6. The van der Waals surface area contributed by atoms with Crippen LogP contribution in [0.3, 0.4) is 0 Å². The van der Waals surface area contributed by atoms with Crippen LogP contribution >= 0.6 is 23.2 Å². The topological polar surface area (TPSA) is 117 Å². The molecule has 5 rings (SSSR count). The van der Waals surface area contributed by atoms with Gasteiger partial charge in [-0.05, 0) is 66.3 Å². The maximum Gasteiger partial charge on any atom is 0.335 e. The summed E-state index contributed by atoms with van der Waals surface area (Å²) < 4.78 is 21.6. The van der Waals surface area contributed by atoms with E-state index >= 15 is 4.39 Å². The van der Waals surface area contributed by atoms with E-state index in [2.05, 4.69) is 16.0 Å². The fourth-order valence-corrected chi connectivity index (χ4v) is 6.75. The normalized spacial score (nSPS) is 22.8. The molecule has 0 aromatic heterocycles. The van der Waals surface area contributed by atoms with Crippen molar-refractivity contribution >= 4 is 52.4 Å². The van der Waals surface area contributed by atoms with E-state index in [9.17, 15) is 19.5 Å². The van der Waals surface area contributed by atoms with Crippen LogP contribution in [0, 0.1) is 11.2 Å². The van der Waals surface area contributed by atoms with E-state index in [4.69, 9.17) is 27.9 Å². The molecule has 0 saturated carbocycles. The summed E-state index contributed by atoms with van der Waals surface area (Å²) in [5, 5.41) is 18.9. The number of anilines is 2. The first-order valence-electron chi connectivity index (χ1n) is 13.9. The van der Waals surface area contributed by atoms with Gasteiger partial charge in [0.05, 0.1) is 28.9 Å². The number of ether oxygens (including phenoxy) is 1. The van der Waals surface area contributed by atoms with Crippen molar-refractivity contribution in [1.29, 1.82) is 0 Å². The fourth-order valence-electron chi connectivity index (χ4n) is 6.40. The minimum absolute atomic E-state index is 0.0126. The molecule has 4 unspecified atom stereocenters. The van der Waals surface area contributed by atoms with Gasteiger partial charge in [0.15, 0.2) is 0 Å². The number of carboxylic acids is 1. The number of benzene rings is 3. The van der Waals surface area contributed by atoms with Gasteiger partial charge in [0.1, 0.15) is 17.0 Å². The summed E-state index contributed by atoms with van der Waals surface area (Å²) in [4.78, 5) is 40.1. The van der Waals surface area contributed by atoms with Gasteiger partial charge >= 0.3 is 5.97 Å². The van der Waals surface area contributed by atoms with Crippen molar-refractivity contribution < 1.29 is 28.6 Å². The van der Waals surface area contributed by atoms with Crippen LogP contribution in [0.5, 0.6) is 5.75 Å². The minimum atomic E-state index is -1.41. The number of carbonyl (C=O) groups excluding carboxylic acids is 2. The maximum atomic E-state index is 16.0. The molecule has 0 aliphatic carbocycles. The number of halogens is 3. The van der Waals surface area contributed by atoms with Crippen LogP contribution in [0.25, 0.3) is 0 Å². The first-order chi connectivity index (χ1) is 20.3. The van der Waals surface area contributed by atoms with Gasteiger partial charge in [0, 0.05) is 22.7 Å². The van der Waals surface area contributed by atoms with E-state index in [1.54, 1.807) is 37.3 Å². The smallest absolute Gasteiger partial charge is 0.335 e. The summed E-state index contributed by atoms with van der Waals surface area (Å²) in [6.07, 6.45) is 0.461. The molecule has 2 amide bonds. The lowest BCUT2D eigenvalue weighted by molar-refractivity contribution is -0.122. The zero-order valence-electron chi connectivity index (χ0n) is 24.1. The Balaban J connectivity index is 1.70. The molecule has 11 heteroatoms. The van der Waals surface area contributed by atoms with Crippen molar-refractivity contribution in [2.75, 3.05) is 17.2 Å². The van der Waals surface area contributed by atoms with Gasteiger partial charge in [-0.2, -0.15) is 0 Å². The summed E-state index contributed by atoms with van der Waals surface area (Å²) in [5.74, 6) is -3.67. The Bertz CT molecular complexity index is 1620. The number of carbonyl (C=O) groups is 3. The second kappa shape index (κ2) is 11.4. The second-order valence-corrected chi connectivity index (χ2v) is 12.9. The van der Waals surface area contributed by atoms with Crippen molar-refractivity contribution in [3.05, 3.63) is 87.2 Å². The molecule has 4 N–H and O–H groups in total.